The molecule has 1 aliphatic heterocycles. The van der Waals surface area contributed by atoms with Crippen LogP contribution in [0.15, 0.2) is 65.3 Å². The third-order valence-electron chi connectivity index (χ3n) is 4.98. The SMILES string of the molecule is CN(C(=O)C1CCCN1C(=O)c1ccco1)c1ccc2ccccc2c1. The number of nitrogens with zero attached hydrogens (tertiary/aromatic N) is 2. The topological polar surface area (TPSA) is 53.8 Å². The summed E-state index contributed by atoms with van der Waals surface area (Å²) in [6.07, 6.45) is 2.96. The minimum Gasteiger partial charge on any atom is -0.459 e. The van der Waals surface area contributed by atoms with Crippen LogP contribution in [0.4, 0.5) is 5.69 Å². The number of hydrogen-bond donors (Lipinski definition) is 0. The summed E-state index contributed by atoms with van der Waals surface area (Å²) in [6, 6.07) is 16.9. The minimum absolute atomic E-state index is 0.0716. The molecule has 0 radical (unpaired) electrons. The van der Waals surface area contributed by atoms with Crippen molar-refractivity contribution in [2.45, 2.75) is 18.9 Å². The molecule has 1 unspecified atom stereocenters. The van der Waals surface area contributed by atoms with Crippen molar-refractivity contribution >= 4 is 28.3 Å². The molecule has 0 bridgehead atoms. The number of fused-ring (bicyclic) bond motifs is 1. The molecule has 3 aromatic rings. The van der Waals surface area contributed by atoms with Gasteiger partial charge in [0, 0.05) is 19.3 Å². The van der Waals surface area contributed by atoms with Gasteiger partial charge >= 0.3 is 0 Å². The Labute approximate surface area is 151 Å². The first-order valence-corrected chi connectivity index (χ1v) is 8.76. The molecule has 0 spiro atoms. The number of likely N-dealkylation sites (N-methyl/N-ethyl adjacent to an activating group) is 1. The highest BCUT2D eigenvalue weighted by Crippen LogP contribution is 2.26. The largest absolute Gasteiger partial charge is 0.459 e. The number of likely N-dealkylation sites (tertiary alicyclic amines) is 1. The Hall–Kier alpha value is -3.08. The molecule has 0 saturated carbocycles. The zero-order valence-corrected chi connectivity index (χ0v) is 14.6. The zero-order chi connectivity index (χ0) is 18.1. The van der Waals surface area contributed by atoms with Crippen molar-refractivity contribution in [3.63, 3.8) is 0 Å². The molecule has 2 aromatic carbocycles. The molecule has 5 nitrogen and oxygen atoms in total. The second-order valence-electron chi connectivity index (χ2n) is 6.56. The predicted octanol–water partition coefficient (Wildman–Crippen LogP) is 3.70. The Bertz CT molecular complexity index is 949. The first kappa shape index (κ1) is 16.4. The fourth-order valence-corrected chi connectivity index (χ4v) is 3.54. The molecule has 26 heavy (non-hydrogen) atoms. The van der Waals surface area contributed by atoms with Gasteiger partial charge < -0.3 is 14.2 Å². The summed E-state index contributed by atoms with van der Waals surface area (Å²) >= 11 is 0. The molecule has 4 rings (SSSR count). The van der Waals surface area contributed by atoms with E-state index in [1.54, 1.807) is 29.0 Å². The first-order valence-electron chi connectivity index (χ1n) is 8.76. The van der Waals surface area contributed by atoms with Crippen LogP contribution in [0.2, 0.25) is 0 Å². The molecule has 5 heteroatoms. The maximum absolute atomic E-state index is 13.1. The number of amides is 2. The van der Waals surface area contributed by atoms with Gasteiger partial charge in [-0.3, -0.25) is 9.59 Å². The summed E-state index contributed by atoms with van der Waals surface area (Å²) in [4.78, 5) is 29.0. The molecule has 2 heterocycles. The molecule has 0 N–H and O–H groups in total. The fourth-order valence-electron chi connectivity index (χ4n) is 3.54. The van der Waals surface area contributed by atoms with Crippen LogP contribution in [0.25, 0.3) is 10.8 Å². The van der Waals surface area contributed by atoms with Crippen molar-refractivity contribution in [2.24, 2.45) is 0 Å². The molecule has 132 valence electrons. The highest BCUT2D eigenvalue weighted by atomic mass is 16.3. The quantitative estimate of drug-likeness (QED) is 0.725. The third-order valence-corrected chi connectivity index (χ3v) is 4.98. The normalized spacial score (nSPS) is 16.8. The summed E-state index contributed by atoms with van der Waals surface area (Å²) in [5.41, 5.74) is 0.825. The molecule has 2 amide bonds. The summed E-state index contributed by atoms with van der Waals surface area (Å²) in [7, 11) is 1.76. The van der Waals surface area contributed by atoms with E-state index in [4.69, 9.17) is 4.42 Å². The van der Waals surface area contributed by atoms with Crippen LogP contribution in [0.5, 0.6) is 0 Å². The summed E-state index contributed by atoms with van der Waals surface area (Å²) < 4.78 is 5.21. The lowest BCUT2D eigenvalue weighted by Crippen LogP contribution is -2.46. The van der Waals surface area contributed by atoms with Gasteiger partial charge in [0.15, 0.2) is 5.76 Å². The zero-order valence-electron chi connectivity index (χ0n) is 14.6. The van der Waals surface area contributed by atoms with Crippen molar-refractivity contribution in [3.05, 3.63) is 66.6 Å². The van der Waals surface area contributed by atoms with E-state index in [0.29, 0.717) is 13.0 Å². The highest BCUT2D eigenvalue weighted by Gasteiger charge is 2.37. The monoisotopic (exact) mass is 348 g/mol. The van der Waals surface area contributed by atoms with Gasteiger partial charge in [-0.2, -0.15) is 0 Å². The molecule has 1 atom stereocenters. The number of hydrogen-bond acceptors (Lipinski definition) is 3. The third kappa shape index (κ3) is 2.86. The van der Waals surface area contributed by atoms with Gasteiger partial charge in [0.1, 0.15) is 6.04 Å². The van der Waals surface area contributed by atoms with Gasteiger partial charge in [0.25, 0.3) is 5.91 Å². The Kier molecular flexibility index (Phi) is 4.21. The second kappa shape index (κ2) is 6.67. The van der Waals surface area contributed by atoms with Crippen molar-refractivity contribution in [2.75, 3.05) is 18.5 Å². The molecule has 0 aliphatic carbocycles. The van der Waals surface area contributed by atoms with Crippen LogP contribution in [-0.4, -0.2) is 36.3 Å². The Morgan fingerprint density at radius 3 is 2.65 bits per heavy atom. The van der Waals surface area contributed by atoms with E-state index in [1.165, 1.54) is 6.26 Å². The number of carbonyl (C=O) groups excluding carboxylic acids is 2. The van der Waals surface area contributed by atoms with Crippen LogP contribution in [0.3, 0.4) is 0 Å². The number of anilines is 1. The predicted molar refractivity (Wildman–Crippen MR) is 100 cm³/mol. The average Bonchev–Trinajstić information content (AvgIpc) is 3.37. The van der Waals surface area contributed by atoms with E-state index in [2.05, 4.69) is 0 Å². The van der Waals surface area contributed by atoms with Crippen LogP contribution < -0.4 is 4.90 Å². The van der Waals surface area contributed by atoms with E-state index in [1.807, 2.05) is 42.5 Å². The van der Waals surface area contributed by atoms with E-state index < -0.39 is 6.04 Å². The standard InChI is InChI=1S/C21H20N2O3/c1-22(17-11-10-15-6-2-3-7-16(15)14-17)20(24)18-8-4-12-23(18)21(25)19-9-5-13-26-19/h2-3,5-7,9-11,13-14,18H,4,8,12H2,1H3. The van der Waals surface area contributed by atoms with Crippen molar-refractivity contribution in [1.29, 1.82) is 0 Å². The van der Waals surface area contributed by atoms with Gasteiger partial charge in [-0.25, -0.2) is 0 Å². The van der Waals surface area contributed by atoms with Gasteiger partial charge in [-0.15, -0.1) is 0 Å². The maximum Gasteiger partial charge on any atom is 0.290 e. The Morgan fingerprint density at radius 2 is 1.88 bits per heavy atom. The van der Waals surface area contributed by atoms with Crippen LogP contribution in [0, 0.1) is 0 Å². The van der Waals surface area contributed by atoms with Gasteiger partial charge in [0.05, 0.1) is 6.26 Å². The second-order valence-corrected chi connectivity index (χ2v) is 6.56. The average molecular weight is 348 g/mol. The summed E-state index contributed by atoms with van der Waals surface area (Å²) in [5, 5.41) is 2.21. The maximum atomic E-state index is 13.1. The van der Waals surface area contributed by atoms with Crippen molar-refractivity contribution < 1.29 is 14.0 Å². The van der Waals surface area contributed by atoms with Gasteiger partial charge in [0.2, 0.25) is 5.91 Å². The van der Waals surface area contributed by atoms with E-state index in [0.717, 1.165) is 22.9 Å². The summed E-state index contributed by atoms with van der Waals surface area (Å²) in [6.45, 7) is 0.571. The molecular weight excluding hydrogens is 328 g/mol. The Morgan fingerprint density at radius 1 is 1.08 bits per heavy atom. The lowest BCUT2D eigenvalue weighted by molar-refractivity contribution is -0.122. The lowest BCUT2D eigenvalue weighted by atomic mass is 10.1. The van der Waals surface area contributed by atoms with Crippen LogP contribution >= 0.6 is 0 Å². The van der Waals surface area contributed by atoms with Gasteiger partial charge in [-0.1, -0.05) is 30.3 Å². The lowest BCUT2D eigenvalue weighted by Gasteiger charge is -2.27. The highest BCUT2D eigenvalue weighted by molar-refractivity contribution is 6.02. The number of rotatable bonds is 3. The number of benzene rings is 2. The summed E-state index contributed by atoms with van der Waals surface area (Å²) in [5.74, 6) is -0.0199. The smallest absolute Gasteiger partial charge is 0.290 e. The molecule has 1 saturated heterocycles. The van der Waals surface area contributed by atoms with Crippen molar-refractivity contribution in [3.8, 4) is 0 Å². The van der Waals surface area contributed by atoms with E-state index in [9.17, 15) is 9.59 Å². The fraction of sp³-hybridized carbons (Fsp3) is 0.238. The molecule has 1 aliphatic rings. The number of furan rings is 1. The van der Waals surface area contributed by atoms with Crippen LogP contribution in [0.1, 0.15) is 23.4 Å². The molecular formula is C21H20N2O3. The molecule has 1 fully saturated rings. The molecule has 1 aromatic heterocycles. The van der Waals surface area contributed by atoms with Gasteiger partial charge in [-0.05, 0) is 47.9 Å². The first-order chi connectivity index (χ1) is 12.6. The number of carbonyl (C=O) groups is 2. The minimum atomic E-state index is -0.455. The van der Waals surface area contributed by atoms with E-state index in [-0.39, 0.29) is 17.6 Å². The Balaban J connectivity index is 1.57. The van der Waals surface area contributed by atoms with Crippen molar-refractivity contribution in [1.82, 2.24) is 4.90 Å². The van der Waals surface area contributed by atoms with Crippen LogP contribution in [-0.2, 0) is 4.79 Å². The van der Waals surface area contributed by atoms with E-state index >= 15 is 0 Å².